The zero-order valence-electron chi connectivity index (χ0n) is 13.9. The van der Waals surface area contributed by atoms with E-state index in [1.165, 1.54) is 64.5 Å². The lowest BCUT2D eigenvalue weighted by Crippen LogP contribution is -2.50. The van der Waals surface area contributed by atoms with E-state index >= 15 is 0 Å². The molecular formula is C18H34N2. The van der Waals surface area contributed by atoms with Gasteiger partial charge < -0.3 is 9.80 Å². The Kier molecular flexibility index (Phi) is 4.72. The van der Waals surface area contributed by atoms with Crippen molar-refractivity contribution >= 4 is 0 Å². The second-order valence-electron chi connectivity index (χ2n) is 8.06. The van der Waals surface area contributed by atoms with Crippen molar-refractivity contribution in [1.82, 2.24) is 9.80 Å². The van der Waals surface area contributed by atoms with Crippen LogP contribution in [0.3, 0.4) is 0 Å². The van der Waals surface area contributed by atoms with E-state index in [0.717, 1.165) is 29.8 Å². The topological polar surface area (TPSA) is 6.48 Å². The first-order valence-electron chi connectivity index (χ1n) is 9.05. The van der Waals surface area contributed by atoms with Gasteiger partial charge in [0.1, 0.15) is 0 Å². The van der Waals surface area contributed by atoms with Gasteiger partial charge in [0.05, 0.1) is 0 Å². The Balaban J connectivity index is 1.67. The molecule has 0 bridgehead atoms. The molecule has 3 aliphatic rings. The SMILES string of the molecule is C[C@H]1C[C@H](C[C@H]2CCCCN2C)[C@@H]2CCCN(C)[C@H]2C1. The van der Waals surface area contributed by atoms with Crippen LogP contribution in [0.5, 0.6) is 0 Å². The Morgan fingerprint density at radius 1 is 0.900 bits per heavy atom. The van der Waals surface area contributed by atoms with Crippen LogP contribution in [0.15, 0.2) is 0 Å². The van der Waals surface area contributed by atoms with Gasteiger partial charge in [-0.25, -0.2) is 0 Å². The van der Waals surface area contributed by atoms with Crippen LogP contribution in [-0.4, -0.2) is 49.1 Å². The first kappa shape index (κ1) is 14.8. The van der Waals surface area contributed by atoms with Crippen LogP contribution in [0.25, 0.3) is 0 Å². The Hall–Kier alpha value is -0.0800. The van der Waals surface area contributed by atoms with Gasteiger partial charge in [-0.2, -0.15) is 0 Å². The van der Waals surface area contributed by atoms with Crippen molar-refractivity contribution in [2.45, 2.75) is 70.4 Å². The molecule has 2 aliphatic heterocycles. The van der Waals surface area contributed by atoms with Crippen molar-refractivity contribution in [3.05, 3.63) is 0 Å². The summed E-state index contributed by atoms with van der Waals surface area (Å²) in [5, 5.41) is 0. The lowest BCUT2D eigenvalue weighted by molar-refractivity contribution is 0.00592. The molecule has 0 radical (unpaired) electrons. The zero-order valence-corrected chi connectivity index (χ0v) is 13.9. The molecule has 0 amide bonds. The van der Waals surface area contributed by atoms with E-state index in [1.54, 1.807) is 0 Å². The molecule has 2 saturated heterocycles. The fourth-order valence-corrected chi connectivity index (χ4v) is 5.43. The third-order valence-corrected chi connectivity index (χ3v) is 6.56. The Bertz CT molecular complexity index is 317. The summed E-state index contributed by atoms with van der Waals surface area (Å²) in [5.41, 5.74) is 0. The second-order valence-corrected chi connectivity index (χ2v) is 8.06. The molecule has 0 N–H and O–H groups in total. The van der Waals surface area contributed by atoms with Gasteiger partial charge in [0.2, 0.25) is 0 Å². The van der Waals surface area contributed by atoms with Crippen molar-refractivity contribution in [3.63, 3.8) is 0 Å². The summed E-state index contributed by atoms with van der Waals surface area (Å²) in [4.78, 5) is 5.34. The summed E-state index contributed by atoms with van der Waals surface area (Å²) in [6.45, 7) is 5.17. The Morgan fingerprint density at radius 3 is 2.50 bits per heavy atom. The lowest BCUT2D eigenvalue weighted by Gasteiger charge is -2.50. The van der Waals surface area contributed by atoms with Crippen LogP contribution in [0.1, 0.15) is 58.3 Å². The van der Waals surface area contributed by atoms with Gasteiger partial charge in [0.25, 0.3) is 0 Å². The van der Waals surface area contributed by atoms with Crippen molar-refractivity contribution in [2.75, 3.05) is 27.2 Å². The van der Waals surface area contributed by atoms with Crippen molar-refractivity contribution < 1.29 is 0 Å². The first-order chi connectivity index (χ1) is 9.65. The smallest absolute Gasteiger partial charge is 0.0126 e. The molecule has 0 aromatic carbocycles. The minimum Gasteiger partial charge on any atom is -0.303 e. The molecule has 0 spiro atoms. The molecule has 2 heteroatoms. The molecule has 2 nitrogen and oxygen atoms in total. The maximum absolute atomic E-state index is 2.68. The number of rotatable bonds is 2. The normalized spacial score (nSPS) is 44.2. The van der Waals surface area contributed by atoms with Gasteiger partial charge in [0, 0.05) is 12.1 Å². The maximum Gasteiger partial charge on any atom is 0.0126 e. The maximum atomic E-state index is 2.68. The van der Waals surface area contributed by atoms with E-state index in [1.807, 2.05) is 0 Å². The molecular weight excluding hydrogens is 244 g/mol. The average Bonchev–Trinajstić information content (AvgIpc) is 2.42. The zero-order chi connectivity index (χ0) is 14.1. The minimum atomic E-state index is 0.881. The quantitative estimate of drug-likeness (QED) is 0.761. The highest BCUT2D eigenvalue weighted by atomic mass is 15.1. The van der Waals surface area contributed by atoms with Gasteiger partial charge >= 0.3 is 0 Å². The predicted molar refractivity (Wildman–Crippen MR) is 85.9 cm³/mol. The van der Waals surface area contributed by atoms with E-state index in [0.29, 0.717) is 0 Å². The van der Waals surface area contributed by atoms with Crippen molar-refractivity contribution in [3.8, 4) is 0 Å². The minimum absolute atomic E-state index is 0.881. The molecule has 116 valence electrons. The highest BCUT2D eigenvalue weighted by molar-refractivity contribution is 4.94. The first-order valence-corrected chi connectivity index (χ1v) is 9.05. The summed E-state index contributed by atoms with van der Waals surface area (Å²) in [6.07, 6.45) is 11.7. The highest BCUT2D eigenvalue weighted by Crippen LogP contribution is 2.44. The summed E-state index contributed by atoms with van der Waals surface area (Å²) in [7, 11) is 4.74. The molecule has 0 aromatic rings. The van der Waals surface area contributed by atoms with Crippen LogP contribution in [0, 0.1) is 17.8 Å². The number of hydrogen-bond donors (Lipinski definition) is 0. The third-order valence-electron chi connectivity index (χ3n) is 6.56. The number of piperidine rings is 2. The van der Waals surface area contributed by atoms with Gasteiger partial charge in [0.15, 0.2) is 0 Å². The third kappa shape index (κ3) is 3.06. The molecule has 2 heterocycles. The van der Waals surface area contributed by atoms with Crippen LogP contribution in [-0.2, 0) is 0 Å². The van der Waals surface area contributed by atoms with Gasteiger partial charge in [-0.1, -0.05) is 13.3 Å². The predicted octanol–water partition coefficient (Wildman–Crippen LogP) is 3.62. The Morgan fingerprint density at radius 2 is 1.70 bits per heavy atom. The number of likely N-dealkylation sites (tertiary alicyclic amines) is 2. The van der Waals surface area contributed by atoms with Gasteiger partial charge in [-0.15, -0.1) is 0 Å². The van der Waals surface area contributed by atoms with Crippen LogP contribution < -0.4 is 0 Å². The van der Waals surface area contributed by atoms with Gasteiger partial charge in [-0.3, -0.25) is 0 Å². The molecule has 3 rings (SSSR count). The molecule has 5 atom stereocenters. The van der Waals surface area contributed by atoms with E-state index < -0.39 is 0 Å². The molecule has 1 saturated carbocycles. The van der Waals surface area contributed by atoms with Crippen LogP contribution >= 0.6 is 0 Å². The second kappa shape index (κ2) is 6.36. The summed E-state index contributed by atoms with van der Waals surface area (Å²) >= 11 is 0. The molecule has 0 unspecified atom stereocenters. The summed E-state index contributed by atoms with van der Waals surface area (Å²) in [6, 6.07) is 1.78. The largest absolute Gasteiger partial charge is 0.303 e. The lowest BCUT2D eigenvalue weighted by atomic mass is 9.65. The van der Waals surface area contributed by atoms with E-state index in [-0.39, 0.29) is 0 Å². The number of hydrogen-bond acceptors (Lipinski definition) is 2. The van der Waals surface area contributed by atoms with Gasteiger partial charge in [-0.05, 0) is 89.9 Å². The van der Waals surface area contributed by atoms with Crippen molar-refractivity contribution in [1.29, 1.82) is 0 Å². The summed E-state index contributed by atoms with van der Waals surface area (Å²) < 4.78 is 0. The number of fused-ring (bicyclic) bond motifs is 1. The number of nitrogens with zero attached hydrogens (tertiary/aromatic N) is 2. The molecule has 20 heavy (non-hydrogen) atoms. The van der Waals surface area contributed by atoms with E-state index in [2.05, 4.69) is 30.8 Å². The fraction of sp³-hybridized carbons (Fsp3) is 1.00. The average molecular weight is 278 g/mol. The van der Waals surface area contributed by atoms with Crippen molar-refractivity contribution in [2.24, 2.45) is 17.8 Å². The standard InChI is InChI=1S/C18H34N2/c1-14-11-15(13-16-7-4-5-9-19(16)2)17-8-6-10-20(3)18(17)12-14/h14-18H,4-13H2,1-3H3/t14-,15+,16+,17-,18-/m0/s1. The fourth-order valence-electron chi connectivity index (χ4n) is 5.43. The van der Waals surface area contributed by atoms with Crippen LogP contribution in [0.4, 0.5) is 0 Å². The summed E-state index contributed by atoms with van der Waals surface area (Å²) in [5.74, 6) is 2.94. The Labute approximate surface area is 125 Å². The van der Waals surface area contributed by atoms with Crippen LogP contribution in [0.2, 0.25) is 0 Å². The highest BCUT2D eigenvalue weighted by Gasteiger charge is 2.41. The molecule has 0 aromatic heterocycles. The van der Waals surface area contributed by atoms with E-state index in [9.17, 15) is 0 Å². The monoisotopic (exact) mass is 278 g/mol. The molecule has 1 aliphatic carbocycles. The molecule has 3 fully saturated rings. The van der Waals surface area contributed by atoms with E-state index in [4.69, 9.17) is 0 Å².